The zero-order chi connectivity index (χ0) is 28.2. The number of carbonyl (C=O) groups is 1. The van der Waals surface area contributed by atoms with Crippen LogP contribution in [0.15, 0.2) is 34.9 Å². The molecule has 0 radical (unpaired) electrons. The van der Waals surface area contributed by atoms with E-state index in [2.05, 4.69) is 39.2 Å². The molecule has 11 heteroatoms. The Morgan fingerprint density at radius 2 is 1.88 bits per heavy atom. The highest BCUT2D eigenvalue weighted by Gasteiger charge is 2.37. The molecule has 5 rings (SSSR count). The predicted molar refractivity (Wildman–Crippen MR) is 154 cm³/mol. The smallest absolute Gasteiger partial charge is 0.315 e. The number of rotatable bonds is 8. The monoisotopic (exact) mass is 548 g/mol. The number of nitrogens with zero attached hydrogens (tertiary/aromatic N) is 7. The third-order valence-electron chi connectivity index (χ3n) is 8.08. The number of hydrogen-bond donors (Lipinski definition) is 1. The molecule has 0 bridgehead atoms. The summed E-state index contributed by atoms with van der Waals surface area (Å²) in [7, 11) is 1.63. The van der Waals surface area contributed by atoms with Crippen LogP contribution in [0, 0.1) is 6.92 Å². The van der Waals surface area contributed by atoms with E-state index < -0.39 is 0 Å². The SMILES string of the molecule is CCNc1nnc(-c2cnc(N3CC(CC)N(C4CCN(C(=O)c5ccc(OC)cc5)CC4)CC3C)c(C)n2)o1. The van der Waals surface area contributed by atoms with Crippen LogP contribution in [0.1, 0.15) is 56.1 Å². The summed E-state index contributed by atoms with van der Waals surface area (Å²) in [6, 6.07) is 8.92. The van der Waals surface area contributed by atoms with Gasteiger partial charge >= 0.3 is 6.01 Å². The number of amides is 1. The number of methoxy groups -OCH3 is 1. The zero-order valence-corrected chi connectivity index (χ0v) is 24.1. The van der Waals surface area contributed by atoms with Gasteiger partial charge in [0.15, 0.2) is 0 Å². The molecular formula is C29H40N8O3. The molecule has 1 aromatic carbocycles. The van der Waals surface area contributed by atoms with E-state index in [0.717, 1.165) is 62.7 Å². The second kappa shape index (κ2) is 12.2. The molecule has 1 N–H and O–H groups in total. The number of nitrogens with one attached hydrogen (secondary N) is 1. The lowest BCUT2D eigenvalue weighted by Gasteiger charge is -2.50. The molecule has 2 aromatic heterocycles. The van der Waals surface area contributed by atoms with Gasteiger partial charge in [-0.1, -0.05) is 12.0 Å². The van der Waals surface area contributed by atoms with Gasteiger partial charge in [0.25, 0.3) is 11.8 Å². The van der Waals surface area contributed by atoms with Crippen LogP contribution in [0.2, 0.25) is 0 Å². The van der Waals surface area contributed by atoms with E-state index in [1.165, 1.54) is 0 Å². The molecule has 3 aromatic rings. The summed E-state index contributed by atoms with van der Waals surface area (Å²) >= 11 is 0. The number of ether oxygens (including phenoxy) is 1. The van der Waals surface area contributed by atoms with Crippen LogP contribution in [0.3, 0.4) is 0 Å². The van der Waals surface area contributed by atoms with Gasteiger partial charge in [-0.05, 0) is 64.3 Å². The number of piperidine rings is 1. The van der Waals surface area contributed by atoms with Crippen LogP contribution in [0.25, 0.3) is 11.6 Å². The van der Waals surface area contributed by atoms with E-state index in [1.54, 1.807) is 13.3 Å². The molecule has 0 spiro atoms. The first-order valence-corrected chi connectivity index (χ1v) is 14.3. The van der Waals surface area contributed by atoms with E-state index in [1.807, 2.05) is 43.0 Å². The van der Waals surface area contributed by atoms with E-state index in [9.17, 15) is 4.79 Å². The number of aryl methyl sites for hydroxylation is 1. The van der Waals surface area contributed by atoms with Gasteiger partial charge in [-0.25, -0.2) is 9.97 Å². The highest BCUT2D eigenvalue weighted by Crippen LogP contribution is 2.30. The third-order valence-corrected chi connectivity index (χ3v) is 8.08. The molecule has 1 amide bonds. The first-order chi connectivity index (χ1) is 19.4. The Morgan fingerprint density at radius 1 is 1.12 bits per heavy atom. The summed E-state index contributed by atoms with van der Waals surface area (Å²) in [5.41, 5.74) is 2.14. The minimum absolute atomic E-state index is 0.0993. The van der Waals surface area contributed by atoms with Crippen LogP contribution in [0.5, 0.6) is 5.75 Å². The van der Waals surface area contributed by atoms with Crippen molar-refractivity contribution in [2.75, 3.05) is 50.1 Å². The van der Waals surface area contributed by atoms with Crippen LogP contribution in [-0.2, 0) is 0 Å². The molecule has 2 aliphatic heterocycles. The van der Waals surface area contributed by atoms with Gasteiger partial charge in [0.05, 0.1) is 19.0 Å². The fourth-order valence-electron chi connectivity index (χ4n) is 5.90. The Balaban J connectivity index is 1.22. The number of likely N-dealkylation sites (tertiary alicyclic amines) is 1. The molecule has 11 nitrogen and oxygen atoms in total. The van der Waals surface area contributed by atoms with Crippen molar-refractivity contribution >= 4 is 17.7 Å². The predicted octanol–water partition coefficient (Wildman–Crippen LogP) is 3.87. The quantitative estimate of drug-likeness (QED) is 0.445. The van der Waals surface area contributed by atoms with E-state index in [0.29, 0.717) is 41.8 Å². The molecule has 2 unspecified atom stereocenters. The van der Waals surface area contributed by atoms with Crippen molar-refractivity contribution in [2.45, 2.75) is 65.1 Å². The molecule has 0 saturated carbocycles. The lowest BCUT2D eigenvalue weighted by molar-refractivity contribution is 0.0434. The Kier molecular flexibility index (Phi) is 8.49. The molecule has 2 atom stereocenters. The molecule has 2 aliphatic rings. The van der Waals surface area contributed by atoms with Crippen molar-refractivity contribution in [3.8, 4) is 17.3 Å². The number of hydrogen-bond acceptors (Lipinski definition) is 10. The summed E-state index contributed by atoms with van der Waals surface area (Å²) in [6.07, 6.45) is 4.74. The fraction of sp³-hybridized carbons (Fsp3) is 0.552. The minimum atomic E-state index is 0.0993. The van der Waals surface area contributed by atoms with E-state index in [4.69, 9.17) is 19.1 Å². The lowest BCUT2D eigenvalue weighted by Crippen LogP contribution is -2.62. The molecule has 40 heavy (non-hydrogen) atoms. The molecule has 2 fully saturated rings. The Hall–Kier alpha value is -3.73. The Labute approximate surface area is 235 Å². The van der Waals surface area contributed by atoms with Crippen LogP contribution in [-0.4, -0.2) is 93.8 Å². The average molecular weight is 549 g/mol. The highest BCUT2D eigenvalue weighted by molar-refractivity contribution is 5.94. The summed E-state index contributed by atoms with van der Waals surface area (Å²) in [5, 5.41) is 11.1. The normalized spacial score (nSPS) is 20.5. The van der Waals surface area contributed by atoms with Crippen molar-refractivity contribution in [3.05, 3.63) is 41.7 Å². The maximum Gasteiger partial charge on any atom is 0.315 e. The van der Waals surface area contributed by atoms with Crippen molar-refractivity contribution in [2.24, 2.45) is 0 Å². The zero-order valence-electron chi connectivity index (χ0n) is 24.1. The van der Waals surface area contributed by atoms with Crippen LogP contribution in [0.4, 0.5) is 11.8 Å². The number of benzene rings is 1. The van der Waals surface area contributed by atoms with Crippen molar-refractivity contribution in [3.63, 3.8) is 0 Å². The first kappa shape index (κ1) is 27.8. The van der Waals surface area contributed by atoms with Crippen molar-refractivity contribution < 1.29 is 13.9 Å². The summed E-state index contributed by atoms with van der Waals surface area (Å²) in [4.78, 5) is 29.7. The molecule has 0 aliphatic carbocycles. The van der Waals surface area contributed by atoms with Gasteiger partial charge < -0.3 is 24.3 Å². The second-order valence-electron chi connectivity index (χ2n) is 10.6. The highest BCUT2D eigenvalue weighted by atomic mass is 16.5. The summed E-state index contributed by atoms with van der Waals surface area (Å²) in [6.45, 7) is 12.6. The average Bonchev–Trinajstić information content (AvgIpc) is 3.46. The summed E-state index contributed by atoms with van der Waals surface area (Å²) < 4.78 is 10.9. The van der Waals surface area contributed by atoms with E-state index >= 15 is 0 Å². The first-order valence-electron chi connectivity index (χ1n) is 14.3. The number of carbonyl (C=O) groups excluding carboxylic acids is 1. The van der Waals surface area contributed by atoms with Crippen molar-refractivity contribution in [1.82, 2.24) is 30.0 Å². The van der Waals surface area contributed by atoms with Gasteiger partial charge in [0.2, 0.25) is 0 Å². The fourth-order valence-corrected chi connectivity index (χ4v) is 5.90. The third kappa shape index (κ3) is 5.74. The standard InChI is InChI=1S/C29H40N8O3/c1-6-22-18-36(26-20(4)32-25(16-31-26)27-33-34-29(40-27)30-7-2)19(3)17-37(22)23-12-14-35(15-13-23)28(38)21-8-10-24(39-5)11-9-21/h8-11,16,19,22-23H,6-7,12-15,17-18H2,1-5H3,(H,30,34). The number of aromatic nitrogens is 4. The van der Waals surface area contributed by atoms with Crippen LogP contribution >= 0.6 is 0 Å². The lowest BCUT2D eigenvalue weighted by atomic mass is 9.96. The van der Waals surface area contributed by atoms with E-state index in [-0.39, 0.29) is 11.9 Å². The molecule has 214 valence electrons. The molecular weight excluding hydrogens is 508 g/mol. The maximum absolute atomic E-state index is 13.1. The van der Waals surface area contributed by atoms with Gasteiger partial charge in [-0.2, -0.15) is 0 Å². The van der Waals surface area contributed by atoms with Gasteiger partial charge in [0, 0.05) is 56.4 Å². The minimum Gasteiger partial charge on any atom is -0.497 e. The largest absolute Gasteiger partial charge is 0.497 e. The molecule has 4 heterocycles. The van der Waals surface area contributed by atoms with Gasteiger partial charge in [0.1, 0.15) is 17.3 Å². The summed E-state index contributed by atoms with van der Waals surface area (Å²) in [5.74, 6) is 2.12. The maximum atomic E-state index is 13.1. The number of anilines is 2. The topological polar surface area (TPSA) is 113 Å². The number of piperazine rings is 1. The Morgan fingerprint density at radius 3 is 2.52 bits per heavy atom. The second-order valence-corrected chi connectivity index (χ2v) is 10.6. The Bertz CT molecular complexity index is 1290. The van der Waals surface area contributed by atoms with Gasteiger partial charge in [-0.15, -0.1) is 5.10 Å². The van der Waals surface area contributed by atoms with Crippen LogP contribution < -0.4 is 15.0 Å². The van der Waals surface area contributed by atoms with Crippen molar-refractivity contribution in [1.29, 1.82) is 0 Å². The van der Waals surface area contributed by atoms with Gasteiger partial charge in [-0.3, -0.25) is 9.69 Å². The molecule has 2 saturated heterocycles.